The summed E-state index contributed by atoms with van der Waals surface area (Å²) < 4.78 is 26.0. The first-order valence-electron chi connectivity index (χ1n) is 14.5. The highest BCUT2D eigenvalue weighted by atomic mass is 28.4. The molecule has 41 heavy (non-hydrogen) atoms. The molecule has 0 saturated carbocycles. The second kappa shape index (κ2) is 11.6. The van der Waals surface area contributed by atoms with Gasteiger partial charge in [-0.25, -0.2) is 4.79 Å². The molecule has 2 aliphatic rings. The Labute approximate surface area is 246 Å². The van der Waals surface area contributed by atoms with Crippen LogP contribution in [0.15, 0.2) is 73.3 Å². The second-order valence-corrected chi connectivity index (χ2v) is 17.9. The van der Waals surface area contributed by atoms with Crippen LogP contribution in [0.3, 0.4) is 0 Å². The zero-order chi connectivity index (χ0) is 30.2. The van der Waals surface area contributed by atoms with E-state index in [9.17, 15) is 9.90 Å². The van der Waals surface area contributed by atoms with Gasteiger partial charge in [0.05, 0.1) is 24.8 Å². The number of hydrogen-bond donors (Lipinski definition) is 1. The number of benzene rings is 2. The van der Waals surface area contributed by atoms with E-state index in [1.165, 1.54) is 0 Å². The van der Waals surface area contributed by atoms with Gasteiger partial charge in [-0.2, -0.15) is 0 Å². The monoisotopic (exact) mass is 581 g/mol. The third kappa shape index (κ3) is 6.32. The molecule has 1 amide bonds. The summed E-state index contributed by atoms with van der Waals surface area (Å²) in [5.41, 5.74) is -0.729. The van der Waals surface area contributed by atoms with Crippen LogP contribution in [0.25, 0.3) is 0 Å². The first-order valence-corrected chi connectivity index (χ1v) is 16.4. The van der Waals surface area contributed by atoms with E-state index in [0.717, 1.165) is 10.4 Å². The van der Waals surface area contributed by atoms with Crippen molar-refractivity contribution in [2.24, 2.45) is 0 Å². The van der Waals surface area contributed by atoms with Gasteiger partial charge in [0.2, 0.25) is 0 Å². The zero-order valence-corrected chi connectivity index (χ0v) is 26.8. The van der Waals surface area contributed by atoms with Crippen LogP contribution in [0.5, 0.6) is 0 Å². The summed E-state index contributed by atoms with van der Waals surface area (Å²) in [4.78, 5) is 15.5. The molecule has 0 radical (unpaired) electrons. The fourth-order valence-corrected chi connectivity index (χ4v) is 10.9. The lowest BCUT2D eigenvalue weighted by molar-refractivity contribution is -0.173. The van der Waals surface area contributed by atoms with E-state index in [4.69, 9.17) is 18.6 Å². The van der Waals surface area contributed by atoms with Crippen molar-refractivity contribution in [2.75, 3.05) is 6.61 Å². The molecule has 8 heteroatoms. The Morgan fingerprint density at radius 1 is 1.00 bits per heavy atom. The first kappa shape index (κ1) is 31.4. The number of nitrogens with zero attached hydrogens (tertiary/aromatic N) is 1. The quantitative estimate of drug-likeness (QED) is 0.349. The molecule has 0 spiro atoms. The lowest BCUT2D eigenvalue weighted by Crippen LogP contribution is -2.67. The topological polar surface area (TPSA) is 77.5 Å². The molecule has 2 aromatic carbocycles. The maximum Gasteiger partial charge on any atom is 0.411 e. The van der Waals surface area contributed by atoms with Crippen LogP contribution in [0.4, 0.5) is 4.79 Å². The predicted octanol–water partition coefficient (Wildman–Crippen LogP) is 5.01. The molecule has 1 N–H and O–H groups in total. The minimum absolute atomic E-state index is 0.185. The summed E-state index contributed by atoms with van der Waals surface area (Å²) in [6, 6.07) is 19.5. The van der Waals surface area contributed by atoms with Crippen molar-refractivity contribution in [3.8, 4) is 0 Å². The molecule has 2 aromatic rings. The molecule has 0 bridgehead atoms. The molecule has 0 aliphatic carbocycles. The molecule has 2 fully saturated rings. The van der Waals surface area contributed by atoms with Gasteiger partial charge in [0.1, 0.15) is 17.8 Å². The van der Waals surface area contributed by atoms with E-state index in [0.29, 0.717) is 6.42 Å². The average molecular weight is 582 g/mol. The van der Waals surface area contributed by atoms with Crippen molar-refractivity contribution in [3.05, 3.63) is 73.3 Å². The molecule has 7 nitrogen and oxygen atoms in total. The van der Waals surface area contributed by atoms with Gasteiger partial charge in [-0.15, -0.1) is 6.58 Å². The van der Waals surface area contributed by atoms with Crippen molar-refractivity contribution in [3.63, 3.8) is 0 Å². The first-order chi connectivity index (χ1) is 19.1. The Bertz CT molecular complexity index is 1150. The van der Waals surface area contributed by atoms with Crippen molar-refractivity contribution in [1.82, 2.24) is 4.90 Å². The maximum atomic E-state index is 13.9. The summed E-state index contributed by atoms with van der Waals surface area (Å²) in [6.07, 6.45) is -0.566. The zero-order valence-electron chi connectivity index (χ0n) is 25.8. The molecule has 5 atom stereocenters. The van der Waals surface area contributed by atoms with Gasteiger partial charge in [0, 0.05) is 0 Å². The van der Waals surface area contributed by atoms with Crippen molar-refractivity contribution >= 4 is 24.8 Å². The Morgan fingerprint density at radius 3 is 1.98 bits per heavy atom. The number of carbonyl (C=O) groups excluding carboxylic acids is 1. The fourth-order valence-electron chi connectivity index (χ4n) is 6.35. The number of fused-ring (bicyclic) bond motifs is 1. The van der Waals surface area contributed by atoms with Crippen LogP contribution in [0.2, 0.25) is 5.04 Å². The van der Waals surface area contributed by atoms with E-state index >= 15 is 0 Å². The molecular formula is C33H47NO6Si. The van der Waals surface area contributed by atoms with Gasteiger partial charge < -0.3 is 23.7 Å². The minimum atomic E-state index is -2.93. The molecule has 0 unspecified atom stereocenters. The Hall–Kier alpha value is -2.49. The van der Waals surface area contributed by atoms with Crippen LogP contribution in [-0.4, -0.2) is 72.8 Å². The number of amides is 1. The normalized spacial score (nSPS) is 25.0. The van der Waals surface area contributed by atoms with Crippen molar-refractivity contribution < 1.29 is 28.5 Å². The third-order valence-electron chi connectivity index (χ3n) is 7.85. The number of aliphatic hydroxyl groups excluding tert-OH is 1. The smallest absolute Gasteiger partial charge is 0.411 e. The summed E-state index contributed by atoms with van der Waals surface area (Å²) in [7, 11) is -2.93. The molecule has 2 heterocycles. The number of likely N-dealkylation sites (tertiary alicyclic amines) is 1. The van der Waals surface area contributed by atoms with Gasteiger partial charge in [0.15, 0.2) is 5.79 Å². The molecule has 224 valence electrons. The molecule has 2 saturated heterocycles. The summed E-state index contributed by atoms with van der Waals surface area (Å²) in [5, 5.41) is 13.4. The summed E-state index contributed by atoms with van der Waals surface area (Å²) in [6.45, 7) is 19.9. The lowest BCUT2D eigenvalue weighted by Gasteiger charge is -2.44. The van der Waals surface area contributed by atoms with Crippen LogP contribution in [0, 0.1) is 0 Å². The largest absolute Gasteiger partial charge is 0.444 e. The van der Waals surface area contributed by atoms with Crippen LogP contribution in [-0.2, 0) is 18.6 Å². The van der Waals surface area contributed by atoms with Gasteiger partial charge >= 0.3 is 6.09 Å². The summed E-state index contributed by atoms with van der Waals surface area (Å²) >= 11 is 0. The van der Waals surface area contributed by atoms with Gasteiger partial charge in [-0.05, 0) is 56.5 Å². The molecular weight excluding hydrogens is 534 g/mol. The highest BCUT2D eigenvalue weighted by molar-refractivity contribution is 6.99. The van der Waals surface area contributed by atoms with Gasteiger partial charge in [-0.3, -0.25) is 4.90 Å². The van der Waals surface area contributed by atoms with Crippen LogP contribution >= 0.6 is 0 Å². The Kier molecular flexibility index (Phi) is 8.93. The van der Waals surface area contributed by atoms with E-state index < -0.39 is 56.2 Å². The average Bonchev–Trinajstić information content (AvgIpc) is 3.34. The van der Waals surface area contributed by atoms with E-state index in [1.54, 1.807) is 11.0 Å². The predicted molar refractivity (Wildman–Crippen MR) is 164 cm³/mol. The minimum Gasteiger partial charge on any atom is -0.444 e. The van der Waals surface area contributed by atoms with Crippen LogP contribution < -0.4 is 10.4 Å². The fraction of sp³-hybridized carbons (Fsp3) is 0.545. The van der Waals surface area contributed by atoms with E-state index in [1.807, 2.05) is 71.0 Å². The molecule has 0 aromatic heterocycles. The van der Waals surface area contributed by atoms with Crippen molar-refractivity contribution in [1.29, 1.82) is 0 Å². The SMILES string of the molecule is C=CC[C@H](O)[C@H]1[C@H]2OC(C)(C)O[C@H]2[C@H](CO[Si](c2ccccc2)(c2ccccc2)C(C)(C)C)N1C(=O)OC(C)(C)C. The van der Waals surface area contributed by atoms with E-state index in [-0.39, 0.29) is 11.6 Å². The standard InChI is InChI=1S/C33H47NO6Si/c1-10-17-26(35)27-29-28(38-33(8,9)39-29)25(34(27)30(36)40-31(2,3)4)22-37-41(32(5,6)7,23-18-13-11-14-19-23)24-20-15-12-16-21-24/h10-16,18-21,25-29,35H,1,17,22H2,2-9H3/t25-,26-,27-,28-,29+/m0/s1. The number of hydrogen-bond acceptors (Lipinski definition) is 6. The Morgan fingerprint density at radius 2 is 1.51 bits per heavy atom. The van der Waals surface area contributed by atoms with Crippen LogP contribution in [0.1, 0.15) is 61.8 Å². The van der Waals surface area contributed by atoms with Crippen molar-refractivity contribution in [2.45, 2.75) is 109 Å². The molecule has 4 rings (SSSR count). The number of ether oxygens (including phenoxy) is 3. The number of carbonyl (C=O) groups is 1. The van der Waals surface area contributed by atoms with E-state index in [2.05, 4.69) is 51.6 Å². The summed E-state index contributed by atoms with van der Waals surface area (Å²) in [5.74, 6) is -0.878. The second-order valence-electron chi connectivity index (χ2n) is 13.6. The highest BCUT2D eigenvalue weighted by Gasteiger charge is 2.62. The highest BCUT2D eigenvalue weighted by Crippen LogP contribution is 2.44. The van der Waals surface area contributed by atoms with Gasteiger partial charge in [-0.1, -0.05) is 87.5 Å². The Balaban J connectivity index is 1.82. The lowest BCUT2D eigenvalue weighted by atomic mass is 10.0. The number of rotatable bonds is 8. The molecule has 2 aliphatic heterocycles. The van der Waals surface area contributed by atoms with Gasteiger partial charge in [0.25, 0.3) is 8.32 Å². The number of aliphatic hydroxyl groups is 1. The third-order valence-corrected chi connectivity index (χ3v) is 12.9. The maximum absolute atomic E-state index is 13.9.